The maximum Gasteiger partial charge on any atom is 0.252 e. The first-order chi connectivity index (χ1) is 22.6. The Morgan fingerprint density at radius 3 is 2.54 bits per heavy atom. The quantitative estimate of drug-likeness (QED) is 0.196. The molecule has 0 unspecified atom stereocenters. The van der Waals surface area contributed by atoms with E-state index in [0.29, 0.717) is 51.4 Å². The van der Waals surface area contributed by atoms with Crippen LogP contribution in [0.1, 0.15) is 39.9 Å². The SMILES string of the molecule is CNC(=O)c1ccccc1Sc1ccc2c(c1)CN=C2C#Cc1ccc(NC(=O)CCCOCCOCCN2CCOCC2)cc1. The van der Waals surface area contributed by atoms with E-state index in [4.69, 9.17) is 14.2 Å². The first-order valence-corrected chi connectivity index (χ1v) is 16.4. The van der Waals surface area contributed by atoms with Gasteiger partial charge in [0.2, 0.25) is 5.91 Å². The van der Waals surface area contributed by atoms with Crippen LogP contribution in [0, 0.1) is 11.8 Å². The van der Waals surface area contributed by atoms with Gasteiger partial charge in [-0.1, -0.05) is 35.9 Å². The molecule has 2 aliphatic heterocycles. The molecule has 10 heteroatoms. The Balaban J connectivity index is 1.01. The molecule has 1 fully saturated rings. The molecule has 2 N–H and O–H groups in total. The second-order valence-electron chi connectivity index (χ2n) is 10.8. The number of amides is 2. The number of nitrogens with zero attached hydrogens (tertiary/aromatic N) is 2. The molecule has 240 valence electrons. The number of benzene rings is 3. The van der Waals surface area contributed by atoms with E-state index in [1.165, 1.54) is 0 Å². The third-order valence-electron chi connectivity index (χ3n) is 7.54. The molecule has 3 aromatic rings. The maximum atomic E-state index is 12.4. The number of ether oxygens (including phenoxy) is 3. The van der Waals surface area contributed by atoms with E-state index in [2.05, 4.69) is 38.4 Å². The van der Waals surface area contributed by atoms with Gasteiger partial charge in [-0.15, -0.1) is 0 Å². The zero-order chi connectivity index (χ0) is 32.0. The fourth-order valence-corrected chi connectivity index (χ4v) is 6.03. The average molecular weight is 641 g/mol. The Morgan fingerprint density at radius 2 is 1.74 bits per heavy atom. The lowest BCUT2D eigenvalue weighted by atomic mass is 10.1. The summed E-state index contributed by atoms with van der Waals surface area (Å²) in [5.41, 5.74) is 5.13. The van der Waals surface area contributed by atoms with Gasteiger partial charge in [0, 0.05) is 66.3 Å². The van der Waals surface area contributed by atoms with Crippen molar-refractivity contribution in [3.63, 3.8) is 0 Å². The van der Waals surface area contributed by atoms with Crippen molar-refractivity contribution < 1.29 is 23.8 Å². The fraction of sp³-hybridized carbons (Fsp3) is 0.361. The van der Waals surface area contributed by atoms with Gasteiger partial charge in [0.05, 0.1) is 45.1 Å². The minimum Gasteiger partial charge on any atom is -0.379 e. The number of aliphatic imine (C=N–C) groups is 1. The molecule has 5 rings (SSSR count). The first-order valence-electron chi connectivity index (χ1n) is 15.6. The van der Waals surface area contributed by atoms with E-state index >= 15 is 0 Å². The highest BCUT2D eigenvalue weighted by molar-refractivity contribution is 7.99. The molecular formula is C36H40N4O5S. The third kappa shape index (κ3) is 10.0. The van der Waals surface area contributed by atoms with Crippen molar-refractivity contribution in [2.75, 3.05) is 71.6 Å². The maximum absolute atomic E-state index is 12.4. The summed E-state index contributed by atoms with van der Waals surface area (Å²) in [7, 11) is 1.64. The zero-order valence-electron chi connectivity index (χ0n) is 26.2. The number of rotatable bonds is 14. The highest BCUT2D eigenvalue weighted by atomic mass is 32.2. The molecular weight excluding hydrogens is 600 g/mol. The molecule has 0 aromatic heterocycles. The summed E-state index contributed by atoms with van der Waals surface area (Å²) in [6, 6.07) is 21.3. The van der Waals surface area contributed by atoms with E-state index in [9.17, 15) is 9.59 Å². The smallest absolute Gasteiger partial charge is 0.252 e. The molecule has 0 saturated carbocycles. The van der Waals surface area contributed by atoms with E-state index in [1.54, 1.807) is 18.8 Å². The Hall–Kier alpha value is -3.98. The van der Waals surface area contributed by atoms with Crippen LogP contribution in [0.25, 0.3) is 0 Å². The lowest BCUT2D eigenvalue weighted by Crippen LogP contribution is -2.38. The molecule has 0 bridgehead atoms. The third-order valence-corrected chi connectivity index (χ3v) is 8.61. The van der Waals surface area contributed by atoms with Crippen LogP contribution in [-0.2, 0) is 25.5 Å². The minimum absolute atomic E-state index is 0.0456. The lowest BCUT2D eigenvalue weighted by molar-refractivity contribution is -0.116. The molecule has 1 saturated heterocycles. The molecule has 46 heavy (non-hydrogen) atoms. The number of anilines is 1. The van der Waals surface area contributed by atoms with E-state index in [0.717, 1.165) is 70.7 Å². The van der Waals surface area contributed by atoms with Gasteiger partial charge >= 0.3 is 0 Å². The Kier molecular flexibility index (Phi) is 12.8. The van der Waals surface area contributed by atoms with Gasteiger partial charge < -0.3 is 24.8 Å². The van der Waals surface area contributed by atoms with Gasteiger partial charge in [-0.05, 0) is 66.4 Å². The summed E-state index contributed by atoms with van der Waals surface area (Å²) >= 11 is 1.56. The summed E-state index contributed by atoms with van der Waals surface area (Å²) in [5, 5.41) is 5.64. The number of nitrogens with one attached hydrogen (secondary N) is 2. The molecule has 0 aliphatic carbocycles. The highest BCUT2D eigenvalue weighted by Crippen LogP contribution is 2.33. The summed E-state index contributed by atoms with van der Waals surface area (Å²) in [4.78, 5) is 33.5. The predicted octanol–water partition coefficient (Wildman–Crippen LogP) is 4.64. The van der Waals surface area contributed by atoms with Gasteiger partial charge in [0.1, 0.15) is 5.71 Å². The van der Waals surface area contributed by atoms with Crippen LogP contribution in [0.2, 0.25) is 0 Å². The van der Waals surface area contributed by atoms with Crippen LogP contribution in [0.4, 0.5) is 5.69 Å². The van der Waals surface area contributed by atoms with Crippen molar-refractivity contribution in [3.8, 4) is 11.8 Å². The van der Waals surface area contributed by atoms with Gasteiger partial charge in [0.15, 0.2) is 0 Å². The van der Waals surface area contributed by atoms with Crippen LogP contribution in [-0.4, -0.2) is 88.7 Å². The average Bonchev–Trinajstić information content (AvgIpc) is 3.49. The topological polar surface area (TPSA) is 101 Å². The normalized spacial score (nSPS) is 14.2. The van der Waals surface area contributed by atoms with Crippen molar-refractivity contribution in [1.82, 2.24) is 10.2 Å². The number of carbonyl (C=O) groups excluding carboxylic acids is 2. The molecule has 0 radical (unpaired) electrons. The van der Waals surface area contributed by atoms with Crippen LogP contribution in [0.3, 0.4) is 0 Å². The second-order valence-corrected chi connectivity index (χ2v) is 11.9. The van der Waals surface area contributed by atoms with Crippen LogP contribution in [0.15, 0.2) is 81.5 Å². The standard InChI is InChI=1S/C36H40N4O5S/c1-37-36(42)32-5-2-3-6-34(32)46-30-13-14-31-28(25-30)26-38-33(31)15-10-27-8-11-29(12-9-27)39-35(41)7-4-19-43-23-24-45-22-18-40-16-20-44-21-17-40/h2-3,5-6,8-9,11-14,25H,4,7,16-24,26H2,1H3,(H,37,42)(H,39,41). The zero-order valence-corrected chi connectivity index (χ0v) is 27.0. The molecule has 2 aliphatic rings. The number of fused-ring (bicyclic) bond motifs is 1. The van der Waals surface area contributed by atoms with Crippen LogP contribution in [0.5, 0.6) is 0 Å². The molecule has 0 atom stereocenters. The van der Waals surface area contributed by atoms with E-state index < -0.39 is 0 Å². The number of morpholine rings is 1. The molecule has 0 spiro atoms. The van der Waals surface area contributed by atoms with Crippen molar-refractivity contribution in [1.29, 1.82) is 0 Å². The Bertz CT molecular complexity index is 1580. The van der Waals surface area contributed by atoms with Crippen LogP contribution < -0.4 is 10.6 Å². The van der Waals surface area contributed by atoms with Crippen molar-refractivity contribution >= 4 is 35.0 Å². The summed E-state index contributed by atoms with van der Waals surface area (Å²) in [5.74, 6) is 6.26. The van der Waals surface area contributed by atoms with Gasteiger partial charge in [-0.2, -0.15) is 0 Å². The lowest BCUT2D eigenvalue weighted by Gasteiger charge is -2.26. The summed E-state index contributed by atoms with van der Waals surface area (Å²) in [6.07, 6.45) is 1.04. The van der Waals surface area contributed by atoms with E-state index in [-0.39, 0.29) is 11.8 Å². The van der Waals surface area contributed by atoms with Crippen molar-refractivity contribution in [2.24, 2.45) is 4.99 Å². The molecule has 2 amide bonds. The monoisotopic (exact) mass is 640 g/mol. The molecule has 3 aromatic carbocycles. The molecule has 9 nitrogen and oxygen atoms in total. The number of carbonyl (C=O) groups is 2. The predicted molar refractivity (Wildman–Crippen MR) is 181 cm³/mol. The minimum atomic E-state index is -0.102. The van der Waals surface area contributed by atoms with Gasteiger partial charge in [0.25, 0.3) is 5.91 Å². The Morgan fingerprint density at radius 1 is 0.957 bits per heavy atom. The van der Waals surface area contributed by atoms with E-state index in [1.807, 2.05) is 60.7 Å². The first kappa shape index (κ1) is 33.4. The fourth-order valence-electron chi connectivity index (χ4n) is 5.02. The van der Waals surface area contributed by atoms with Crippen molar-refractivity contribution in [3.05, 3.63) is 89.0 Å². The van der Waals surface area contributed by atoms with Crippen molar-refractivity contribution in [2.45, 2.75) is 29.2 Å². The number of hydrogen-bond acceptors (Lipinski definition) is 8. The van der Waals surface area contributed by atoms with Gasteiger partial charge in [-0.25, -0.2) is 0 Å². The molecule has 2 heterocycles. The van der Waals surface area contributed by atoms with Crippen LogP contribution >= 0.6 is 11.8 Å². The Labute approximate surface area is 275 Å². The number of hydrogen-bond donors (Lipinski definition) is 2. The highest BCUT2D eigenvalue weighted by Gasteiger charge is 2.16. The summed E-state index contributed by atoms with van der Waals surface area (Å²) < 4.78 is 16.6. The second kappa shape index (κ2) is 17.6. The van der Waals surface area contributed by atoms with Gasteiger partial charge in [-0.3, -0.25) is 19.5 Å². The largest absolute Gasteiger partial charge is 0.379 e. The summed E-state index contributed by atoms with van der Waals surface area (Å²) in [6.45, 7) is 7.32.